The number of hydrogen-bond donors (Lipinski definition) is 1. The predicted molar refractivity (Wildman–Crippen MR) is 49.9 cm³/mol. The summed E-state index contributed by atoms with van der Waals surface area (Å²) in [7, 11) is 1.91. The standard InChI is InChI=1S/C9H14N4/c1-12-9(10)7-4-13(6-2-3-6)5-8(7)11-12/h6H,2-5,10H2,1H3. The van der Waals surface area contributed by atoms with Crippen LogP contribution in [0.5, 0.6) is 0 Å². The summed E-state index contributed by atoms with van der Waals surface area (Å²) in [6.45, 7) is 2.02. The summed E-state index contributed by atoms with van der Waals surface area (Å²) in [6, 6.07) is 0.818. The van der Waals surface area contributed by atoms with Crippen molar-refractivity contribution in [3.63, 3.8) is 0 Å². The summed E-state index contributed by atoms with van der Waals surface area (Å²) in [5.74, 6) is 0.846. The minimum Gasteiger partial charge on any atom is -0.384 e. The van der Waals surface area contributed by atoms with Gasteiger partial charge in [0.25, 0.3) is 0 Å². The average Bonchev–Trinajstić information content (AvgIpc) is 2.82. The summed E-state index contributed by atoms with van der Waals surface area (Å²) < 4.78 is 1.79. The smallest absolute Gasteiger partial charge is 0.126 e. The van der Waals surface area contributed by atoms with Gasteiger partial charge in [-0.2, -0.15) is 5.10 Å². The molecule has 2 N–H and O–H groups in total. The first-order chi connectivity index (χ1) is 6.25. The van der Waals surface area contributed by atoms with Crippen molar-refractivity contribution in [2.75, 3.05) is 5.73 Å². The van der Waals surface area contributed by atoms with Crippen LogP contribution < -0.4 is 5.73 Å². The first-order valence-electron chi connectivity index (χ1n) is 4.80. The van der Waals surface area contributed by atoms with Crippen molar-refractivity contribution >= 4 is 5.82 Å². The molecule has 1 aromatic rings. The maximum absolute atomic E-state index is 5.91. The summed E-state index contributed by atoms with van der Waals surface area (Å²) >= 11 is 0. The van der Waals surface area contributed by atoms with Crippen molar-refractivity contribution in [1.82, 2.24) is 14.7 Å². The monoisotopic (exact) mass is 178 g/mol. The summed E-state index contributed by atoms with van der Waals surface area (Å²) in [5, 5.41) is 4.40. The molecule has 1 fully saturated rings. The number of nitrogens with zero attached hydrogens (tertiary/aromatic N) is 3. The average molecular weight is 178 g/mol. The molecule has 2 aliphatic rings. The predicted octanol–water partition coefficient (Wildman–Crippen LogP) is 0.480. The third-order valence-corrected chi connectivity index (χ3v) is 3.05. The SMILES string of the molecule is Cn1nc2c(c1N)CN(C1CC1)C2. The van der Waals surface area contributed by atoms with Crippen LogP contribution >= 0.6 is 0 Å². The molecule has 0 spiro atoms. The van der Waals surface area contributed by atoms with Crippen LogP contribution in [0.25, 0.3) is 0 Å². The maximum Gasteiger partial charge on any atom is 0.126 e. The van der Waals surface area contributed by atoms with Gasteiger partial charge in [0, 0.05) is 31.7 Å². The number of aryl methyl sites for hydroxylation is 1. The van der Waals surface area contributed by atoms with E-state index in [4.69, 9.17) is 5.73 Å². The molecule has 4 nitrogen and oxygen atoms in total. The lowest BCUT2D eigenvalue weighted by Crippen LogP contribution is -2.20. The van der Waals surface area contributed by atoms with E-state index in [0.717, 1.165) is 24.9 Å². The first kappa shape index (κ1) is 7.38. The fraction of sp³-hybridized carbons (Fsp3) is 0.667. The van der Waals surface area contributed by atoms with E-state index < -0.39 is 0 Å². The van der Waals surface area contributed by atoms with E-state index in [0.29, 0.717) is 0 Å². The number of hydrogen-bond acceptors (Lipinski definition) is 3. The van der Waals surface area contributed by atoms with Gasteiger partial charge in [0.05, 0.1) is 5.69 Å². The van der Waals surface area contributed by atoms with Crippen LogP contribution in [0.15, 0.2) is 0 Å². The molecule has 0 aromatic carbocycles. The lowest BCUT2D eigenvalue weighted by atomic mass is 10.3. The van der Waals surface area contributed by atoms with Gasteiger partial charge >= 0.3 is 0 Å². The Morgan fingerprint density at radius 2 is 2.15 bits per heavy atom. The molecule has 0 bridgehead atoms. The molecule has 0 unspecified atom stereocenters. The fourth-order valence-electron chi connectivity index (χ4n) is 2.09. The van der Waals surface area contributed by atoms with Gasteiger partial charge in [0.15, 0.2) is 0 Å². The highest BCUT2D eigenvalue weighted by Crippen LogP contribution is 2.35. The van der Waals surface area contributed by atoms with E-state index in [1.807, 2.05) is 7.05 Å². The van der Waals surface area contributed by atoms with Crippen LogP contribution in [0.2, 0.25) is 0 Å². The Bertz CT molecular complexity index is 351. The summed E-state index contributed by atoms with van der Waals surface area (Å²) in [5.41, 5.74) is 8.36. The van der Waals surface area contributed by atoms with Crippen LogP contribution in [-0.4, -0.2) is 20.7 Å². The van der Waals surface area contributed by atoms with Crippen molar-refractivity contribution in [1.29, 1.82) is 0 Å². The van der Waals surface area contributed by atoms with Crippen molar-refractivity contribution in [3.8, 4) is 0 Å². The van der Waals surface area contributed by atoms with Gasteiger partial charge in [0.1, 0.15) is 5.82 Å². The normalized spacial score (nSPS) is 22.2. The molecular formula is C9H14N4. The van der Waals surface area contributed by atoms with Gasteiger partial charge in [-0.1, -0.05) is 0 Å². The molecule has 1 saturated carbocycles. The highest BCUT2D eigenvalue weighted by atomic mass is 15.3. The molecular weight excluding hydrogens is 164 g/mol. The summed E-state index contributed by atoms with van der Waals surface area (Å²) in [6.07, 6.45) is 2.71. The van der Waals surface area contributed by atoms with Gasteiger partial charge < -0.3 is 5.73 Å². The lowest BCUT2D eigenvalue weighted by molar-refractivity contribution is 0.269. The minimum atomic E-state index is 0.818. The second-order valence-corrected chi connectivity index (χ2v) is 4.07. The van der Waals surface area contributed by atoms with Gasteiger partial charge in [0.2, 0.25) is 0 Å². The van der Waals surface area contributed by atoms with E-state index >= 15 is 0 Å². The van der Waals surface area contributed by atoms with E-state index in [1.165, 1.54) is 24.1 Å². The second-order valence-electron chi connectivity index (χ2n) is 4.07. The molecule has 0 saturated heterocycles. The highest BCUT2D eigenvalue weighted by molar-refractivity contribution is 5.45. The van der Waals surface area contributed by atoms with Crippen LogP contribution in [0.3, 0.4) is 0 Å². The third kappa shape index (κ3) is 0.983. The van der Waals surface area contributed by atoms with Gasteiger partial charge in [-0.15, -0.1) is 0 Å². The van der Waals surface area contributed by atoms with Crippen molar-refractivity contribution < 1.29 is 0 Å². The molecule has 1 aliphatic carbocycles. The molecule has 13 heavy (non-hydrogen) atoms. The van der Waals surface area contributed by atoms with Gasteiger partial charge in [-0.25, -0.2) is 0 Å². The Morgan fingerprint density at radius 1 is 1.38 bits per heavy atom. The van der Waals surface area contributed by atoms with E-state index in [2.05, 4.69) is 10.00 Å². The van der Waals surface area contributed by atoms with Crippen LogP contribution in [0.1, 0.15) is 24.1 Å². The zero-order valence-corrected chi connectivity index (χ0v) is 7.82. The van der Waals surface area contributed by atoms with Gasteiger partial charge in [-0.3, -0.25) is 9.58 Å². The molecule has 1 aromatic heterocycles. The Hall–Kier alpha value is -1.03. The Morgan fingerprint density at radius 3 is 2.77 bits per heavy atom. The molecule has 3 rings (SSSR count). The first-order valence-corrected chi connectivity index (χ1v) is 4.80. The molecule has 70 valence electrons. The molecule has 1 aliphatic heterocycles. The zero-order valence-electron chi connectivity index (χ0n) is 7.82. The maximum atomic E-state index is 5.91. The van der Waals surface area contributed by atoms with Crippen molar-refractivity contribution in [2.45, 2.75) is 32.0 Å². The molecule has 0 atom stereocenters. The van der Waals surface area contributed by atoms with Crippen molar-refractivity contribution in [2.24, 2.45) is 7.05 Å². The van der Waals surface area contributed by atoms with Crippen LogP contribution in [0.4, 0.5) is 5.82 Å². The highest BCUT2D eigenvalue weighted by Gasteiger charge is 2.35. The van der Waals surface area contributed by atoms with Crippen LogP contribution in [0, 0.1) is 0 Å². The lowest BCUT2D eigenvalue weighted by Gasteiger charge is -2.13. The zero-order chi connectivity index (χ0) is 9.00. The quantitative estimate of drug-likeness (QED) is 0.680. The number of nitrogens with two attached hydrogens (primary N) is 1. The molecule has 0 radical (unpaired) electrons. The van der Waals surface area contributed by atoms with E-state index in [-0.39, 0.29) is 0 Å². The minimum absolute atomic E-state index is 0.818. The number of fused-ring (bicyclic) bond motifs is 1. The Balaban J connectivity index is 1.92. The topological polar surface area (TPSA) is 47.1 Å². The molecule has 4 heteroatoms. The molecule has 2 heterocycles. The molecule has 0 amide bonds. The summed E-state index contributed by atoms with van der Waals surface area (Å²) in [4.78, 5) is 2.48. The third-order valence-electron chi connectivity index (χ3n) is 3.05. The van der Waals surface area contributed by atoms with Crippen LogP contribution in [-0.2, 0) is 20.1 Å². The second kappa shape index (κ2) is 2.26. The van der Waals surface area contributed by atoms with E-state index in [9.17, 15) is 0 Å². The number of aromatic nitrogens is 2. The number of anilines is 1. The largest absolute Gasteiger partial charge is 0.384 e. The number of nitrogen functional groups attached to an aromatic ring is 1. The van der Waals surface area contributed by atoms with Gasteiger partial charge in [-0.05, 0) is 12.8 Å². The van der Waals surface area contributed by atoms with Crippen molar-refractivity contribution in [3.05, 3.63) is 11.3 Å². The fourth-order valence-corrected chi connectivity index (χ4v) is 2.09. The Labute approximate surface area is 77.3 Å². The Kier molecular flexibility index (Phi) is 1.28. The van der Waals surface area contributed by atoms with E-state index in [1.54, 1.807) is 4.68 Å². The number of rotatable bonds is 1.